The molecule has 2 aliphatic rings. The van der Waals surface area contributed by atoms with Crippen molar-refractivity contribution in [2.24, 2.45) is 0 Å². The van der Waals surface area contributed by atoms with Crippen LogP contribution in [0.15, 0.2) is 0 Å². The molecule has 2 fully saturated rings. The minimum atomic E-state index is -3.13. The highest BCUT2D eigenvalue weighted by Crippen LogP contribution is 2.23. The van der Waals surface area contributed by atoms with Gasteiger partial charge < -0.3 is 4.90 Å². The van der Waals surface area contributed by atoms with Crippen molar-refractivity contribution in [1.82, 2.24) is 14.1 Å². The lowest BCUT2D eigenvalue weighted by Gasteiger charge is -2.37. The highest BCUT2D eigenvalue weighted by Gasteiger charge is 2.29. The quantitative estimate of drug-likeness (QED) is 0.570. The molecule has 0 aromatic carbocycles. The average molecular weight is 388 g/mol. The van der Waals surface area contributed by atoms with Gasteiger partial charge in [0.2, 0.25) is 15.9 Å². The summed E-state index contributed by atoms with van der Waals surface area (Å²) in [7, 11) is -3.13. The molecule has 0 aromatic rings. The second-order valence-electron chi connectivity index (χ2n) is 7.67. The van der Waals surface area contributed by atoms with E-state index in [9.17, 15) is 13.2 Å². The van der Waals surface area contributed by atoms with E-state index in [0.29, 0.717) is 38.8 Å². The van der Waals surface area contributed by atoms with E-state index in [4.69, 9.17) is 0 Å². The lowest BCUT2D eigenvalue weighted by atomic mass is 9.94. The summed E-state index contributed by atoms with van der Waals surface area (Å²) in [5, 5.41) is 0. The summed E-state index contributed by atoms with van der Waals surface area (Å²) in [6, 6.07) is 0.404. The van der Waals surface area contributed by atoms with Crippen LogP contribution in [0, 0.1) is 0 Å². The first-order valence-corrected chi connectivity index (χ1v) is 12.1. The third-order valence-electron chi connectivity index (χ3n) is 5.77. The number of hydrogen-bond acceptors (Lipinski definition) is 4. The summed E-state index contributed by atoms with van der Waals surface area (Å²) in [5.74, 6) is 0.462. The number of sulfonamides is 1. The van der Waals surface area contributed by atoms with Crippen molar-refractivity contribution in [2.45, 2.75) is 71.3 Å². The Morgan fingerprint density at radius 2 is 1.65 bits per heavy atom. The molecule has 152 valence electrons. The van der Waals surface area contributed by atoms with Crippen LogP contribution in [0.1, 0.15) is 65.2 Å². The van der Waals surface area contributed by atoms with Crippen molar-refractivity contribution in [3.8, 4) is 0 Å². The van der Waals surface area contributed by atoms with Crippen LogP contribution in [-0.4, -0.2) is 79.5 Å². The fourth-order valence-electron chi connectivity index (χ4n) is 4.14. The number of rotatable bonds is 9. The summed E-state index contributed by atoms with van der Waals surface area (Å²) in [4.78, 5) is 16.9. The van der Waals surface area contributed by atoms with Crippen molar-refractivity contribution >= 4 is 15.9 Å². The van der Waals surface area contributed by atoms with Gasteiger partial charge in [0.25, 0.3) is 0 Å². The van der Waals surface area contributed by atoms with Crippen LogP contribution >= 0.6 is 0 Å². The van der Waals surface area contributed by atoms with Crippen molar-refractivity contribution in [3.05, 3.63) is 0 Å². The molecule has 0 radical (unpaired) electrons. The summed E-state index contributed by atoms with van der Waals surface area (Å²) in [6.07, 6.45) is 8.72. The number of hydrogen-bond donors (Lipinski definition) is 0. The van der Waals surface area contributed by atoms with Gasteiger partial charge in [0.1, 0.15) is 0 Å². The van der Waals surface area contributed by atoms with Crippen LogP contribution in [0.2, 0.25) is 0 Å². The van der Waals surface area contributed by atoms with E-state index in [1.54, 1.807) is 4.31 Å². The second-order valence-corrected chi connectivity index (χ2v) is 9.76. The zero-order valence-corrected chi connectivity index (χ0v) is 17.5. The van der Waals surface area contributed by atoms with E-state index in [1.165, 1.54) is 19.3 Å². The topological polar surface area (TPSA) is 60.9 Å². The number of amides is 1. The largest absolute Gasteiger partial charge is 0.339 e. The highest BCUT2D eigenvalue weighted by atomic mass is 32.2. The zero-order valence-electron chi connectivity index (χ0n) is 16.7. The van der Waals surface area contributed by atoms with Crippen LogP contribution in [0.3, 0.4) is 0 Å². The molecule has 1 saturated heterocycles. The molecule has 7 heteroatoms. The number of carbonyl (C=O) groups excluding carboxylic acids is 1. The van der Waals surface area contributed by atoms with Crippen molar-refractivity contribution in [1.29, 1.82) is 0 Å². The van der Waals surface area contributed by atoms with Gasteiger partial charge in [-0.1, -0.05) is 39.0 Å². The molecule has 0 spiro atoms. The molecular weight excluding hydrogens is 350 g/mol. The van der Waals surface area contributed by atoms with Crippen LogP contribution in [0.5, 0.6) is 0 Å². The number of unbranched alkanes of at least 4 members (excludes halogenated alkanes) is 2. The predicted octanol–water partition coefficient (Wildman–Crippen LogP) is 2.31. The van der Waals surface area contributed by atoms with E-state index in [-0.39, 0.29) is 11.7 Å². The third kappa shape index (κ3) is 6.20. The molecule has 0 atom stereocenters. The lowest BCUT2D eigenvalue weighted by molar-refractivity contribution is -0.135. The van der Waals surface area contributed by atoms with Crippen LogP contribution in [0.25, 0.3) is 0 Å². The molecule has 6 nitrogen and oxygen atoms in total. The number of carbonyl (C=O) groups is 1. The Labute approximate surface area is 159 Å². The summed E-state index contributed by atoms with van der Waals surface area (Å²) in [5.41, 5.74) is 0. The number of likely N-dealkylation sites (N-methyl/N-ethyl adjacent to an activating group) is 1. The number of nitrogens with zero attached hydrogens (tertiary/aromatic N) is 3. The molecule has 1 aliphatic carbocycles. The maximum Gasteiger partial charge on any atom is 0.236 e. The van der Waals surface area contributed by atoms with Gasteiger partial charge in [-0.05, 0) is 26.2 Å². The summed E-state index contributed by atoms with van der Waals surface area (Å²) in [6.45, 7) is 7.67. The average Bonchev–Trinajstić information content (AvgIpc) is 2.64. The zero-order chi connectivity index (χ0) is 19.0. The first-order valence-electron chi connectivity index (χ1n) is 10.5. The maximum absolute atomic E-state index is 12.7. The van der Waals surface area contributed by atoms with E-state index in [2.05, 4.69) is 18.7 Å². The molecule has 2 rings (SSSR count). The molecule has 1 aliphatic heterocycles. The number of piperazine rings is 1. The second kappa shape index (κ2) is 10.6. The standard InChI is InChI=1S/C19H37N3O3S/c1-3-5-9-16-26(24,25)21-14-12-20(13-15-21)17-19(23)22(4-2)18-10-7-6-8-11-18/h18H,3-17H2,1-2H3. The van der Waals surface area contributed by atoms with Gasteiger partial charge in [-0.25, -0.2) is 8.42 Å². The van der Waals surface area contributed by atoms with Gasteiger partial charge in [-0.2, -0.15) is 4.31 Å². The van der Waals surface area contributed by atoms with E-state index < -0.39 is 10.0 Å². The van der Waals surface area contributed by atoms with Crippen molar-refractivity contribution in [2.75, 3.05) is 45.0 Å². The van der Waals surface area contributed by atoms with Crippen molar-refractivity contribution in [3.63, 3.8) is 0 Å². The smallest absolute Gasteiger partial charge is 0.236 e. The fourth-order valence-corrected chi connectivity index (χ4v) is 5.69. The van der Waals surface area contributed by atoms with Crippen LogP contribution in [0.4, 0.5) is 0 Å². The third-order valence-corrected chi connectivity index (χ3v) is 7.72. The van der Waals surface area contributed by atoms with Gasteiger partial charge in [0.05, 0.1) is 12.3 Å². The van der Waals surface area contributed by atoms with Crippen molar-refractivity contribution < 1.29 is 13.2 Å². The van der Waals surface area contributed by atoms with Crippen LogP contribution < -0.4 is 0 Å². The van der Waals surface area contributed by atoms with E-state index in [0.717, 1.165) is 38.6 Å². The van der Waals surface area contributed by atoms with E-state index in [1.807, 2.05) is 4.90 Å². The molecule has 0 aromatic heterocycles. The molecule has 0 N–H and O–H groups in total. The Kier molecular flexibility index (Phi) is 8.84. The monoisotopic (exact) mass is 387 g/mol. The van der Waals surface area contributed by atoms with Gasteiger partial charge in [-0.15, -0.1) is 0 Å². The molecule has 1 heterocycles. The summed E-state index contributed by atoms with van der Waals surface area (Å²) < 4.78 is 26.4. The minimum absolute atomic E-state index is 0.207. The molecule has 1 saturated carbocycles. The van der Waals surface area contributed by atoms with Crippen LogP contribution in [-0.2, 0) is 14.8 Å². The van der Waals surface area contributed by atoms with Gasteiger partial charge in [0, 0.05) is 38.8 Å². The Morgan fingerprint density at radius 3 is 2.23 bits per heavy atom. The first-order chi connectivity index (χ1) is 12.5. The molecule has 26 heavy (non-hydrogen) atoms. The first kappa shape index (κ1) is 21.6. The van der Waals surface area contributed by atoms with Gasteiger partial charge in [0.15, 0.2) is 0 Å². The molecule has 0 bridgehead atoms. The highest BCUT2D eigenvalue weighted by molar-refractivity contribution is 7.89. The lowest BCUT2D eigenvalue weighted by Crippen LogP contribution is -2.53. The molecule has 1 amide bonds. The molecular formula is C19H37N3O3S. The molecule has 0 unspecified atom stereocenters. The van der Waals surface area contributed by atoms with Gasteiger partial charge in [-0.3, -0.25) is 9.69 Å². The van der Waals surface area contributed by atoms with E-state index >= 15 is 0 Å². The Bertz CT molecular complexity index is 524. The Balaban J connectivity index is 1.79. The maximum atomic E-state index is 12.7. The Hall–Kier alpha value is -0.660. The fraction of sp³-hybridized carbons (Fsp3) is 0.947. The normalized spacial score (nSPS) is 21.0. The summed E-state index contributed by atoms with van der Waals surface area (Å²) >= 11 is 0. The minimum Gasteiger partial charge on any atom is -0.339 e. The predicted molar refractivity (Wildman–Crippen MR) is 106 cm³/mol. The Morgan fingerprint density at radius 1 is 1.00 bits per heavy atom. The SMILES string of the molecule is CCCCCS(=O)(=O)N1CCN(CC(=O)N(CC)C2CCCCC2)CC1. The van der Waals surface area contributed by atoms with Gasteiger partial charge >= 0.3 is 0 Å².